The van der Waals surface area contributed by atoms with Gasteiger partial charge in [0.15, 0.2) is 5.78 Å². The Hall–Kier alpha value is -2.21. The lowest BCUT2D eigenvalue weighted by Gasteiger charge is -2.29. The molecule has 0 radical (unpaired) electrons. The maximum atomic E-state index is 12.5. The number of amides is 1. The molecule has 0 saturated carbocycles. The van der Waals surface area contributed by atoms with Crippen LogP contribution in [0.2, 0.25) is 0 Å². The Labute approximate surface area is 153 Å². The van der Waals surface area contributed by atoms with E-state index < -0.39 is 6.04 Å². The first-order valence-corrected chi connectivity index (χ1v) is 8.01. The van der Waals surface area contributed by atoms with Gasteiger partial charge in [-0.1, -0.05) is 42.5 Å². The predicted molar refractivity (Wildman–Crippen MR) is 99.4 cm³/mol. The molecule has 2 atom stereocenters. The molecule has 0 aliphatic carbocycles. The van der Waals surface area contributed by atoms with Gasteiger partial charge in [0.05, 0.1) is 12.7 Å². The van der Waals surface area contributed by atoms with Gasteiger partial charge in [-0.25, -0.2) is 0 Å². The Balaban J connectivity index is 0.00000225. The zero-order chi connectivity index (χ0) is 16.9. The lowest BCUT2D eigenvalue weighted by Crippen LogP contribution is -2.53. The number of benzene rings is 2. The van der Waals surface area contributed by atoms with Crippen LogP contribution in [0.4, 0.5) is 5.69 Å². The maximum Gasteiger partial charge on any atom is 0.244 e. The SMILES string of the molecule is C[C@H]1OCCN[C@@H]1C(=O)Nc1cccc(C(=O)c2ccccc2)c1.Cl. The minimum absolute atomic E-state index is 0. The largest absolute Gasteiger partial charge is 0.375 e. The van der Waals surface area contributed by atoms with Gasteiger partial charge in [0.25, 0.3) is 0 Å². The zero-order valence-corrected chi connectivity index (χ0v) is 14.7. The smallest absolute Gasteiger partial charge is 0.244 e. The summed E-state index contributed by atoms with van der Waals surface area (Å²) in [7, 11) is 0. The topological polar surface area (TPSA) is 67.4 Å². The molecule has 1 fully saturated rings. The van der Waals surface area contributed by atoms with Gasteiger partial charge in [-0.2, -0.15) is 0 Å². The van der Waals surface area contributed by atoms with E-state index >= 15 is 0 Å². The molecule has 0 spiro atoms. The molecule has 1 saturated heterocycles. The molecule has 3 rings (SSSR count). The van der Waals surface area contributed by atoms with Crippen LogP contribution in [0, 0.1) is 0 Å². The van der Waals surface area contributed by atoms with Crippen molar-refractivity contribution in [3.8, 4) is 0 Å². The van der Waals surface area contributed by atoms with Gasteiger partial charge in [0.1, 0.15) is 6.04 Å². The summed E-state index contributed by atoms with van der Waals surface area (Å²) in [5.41, 5.74) is 1.76. The van der Waals surface area contributed by atoms with Crippen LogP contribution in [0.25, 0.3) is 0 Å². The van der Waals surface area contributed by atoms with Crippen LogP contribution in [-0.4, -0.2) is 37.0 Å². The molecule has 0 aromatic heterocycles. The summed E-state index contributed by atoms with van der Waals surface area (Å²) in [6.07, 6.45) is -0.187. The Bertz CT molecular complexity index is 736. The zero-order valence-electron chi connectivity index (χ0n) is 13.9. The number of rotatable bonds is 4. The highest BCUT2D eigenvalue weighted by Gasteiger charge is 2.28. The summed E-state index contributed by atoms with van der Waals surface area (Å²) < 4.78 is 5.49. The molecule has 2 aromatic rings. The van der Waals surface area contributed by atoms with E-state index in [1.807, 2.05) is 25.1 Å². The normalized spacial score (nSPS) is 19.6. The van der Waals surface area contributed by atoms with Crippen LogP contribution in [0.3, 0.4) is 0 Å². The molecule has 2 N–H and O–H groups in total. The number of hydrogen-bond donors (Lipinski definition) is 2. The molecule has 0 bridgehead atoms. The van der Waals surface area contributed by atoms with Crippen LogP contribution in [-0.2, 0) is 9.53 Å². The van der Waals surface area contributed by atoms with E-state index in [-0.39, 0.29) is 30.2 Å². The fourth-order valence-electron chi connectivity index (χ4n) is 2.74. The summed E-state index contributed by atoms with van der Waals surface area (Å²) in [5, 5.41) is 6.00. The summed E-state index contributed by atoms with van der Waals surface area (Å²) in [4.78, 5) is 24.9. The fourth-order valence-corrected chi connectivity index (χ4v) is 2.74. The molecular formula is C19H21ClN2O3. The van der Waals surface area contributed by atoms with Gasteiger partial charge in [0.2, 0.25) is 5.91 Å². The molecular weight excluding hydrogens is 340 g/mol. The number of ether oxygens (including phenoxy) is 1. The number of halogens is 1. The standard InChI is InChI=1S/C19H20N2O3.ClH/c1-13-17(20-10-11-24-13)19(23)21-16-9-5-8-15(12-16)18(22)14-6-3-2-4-7-14;/h2-9,12-13,17,20H,10-11H2,1H3,(H,21,23);1H/t13-,17+;/m1./s1. The van der Waals surface area contributed by atoms with Gasteiger partial charge in [0, 0.05) is 23.4 Å². The average molecular weight is 361 g/mol. The van der Waals surface area contributed by atoms with Gasteiger partial charge in [-0.05, 0) is 19.1 Å². The van der Waals surface area contributed by atoms with E-state index in [1.54, 1.807) is 36.4 Å². The highest BCUT2D eigenvalue weighted by Crippen LogP contribution is 2.16. The third-order valence-corrected chi connectivity index (χ3v) is 4.03. The highest BCUT2D eigenvalue weighted by atomic mass is 35.5. The van der Waals surface area contributed by atoms with Gasteiger partial charge < -0.3 is 15.4 Å². The summed E-state index contributed by atoms with van der Waals surface area (Å²) >= 11 is 0. The van der Waals surface area contributed by atoms with Gasteiger partial charge in [-0.15, -0.1) is 12.4 Å². The van der Waals surface area contributed by atoms with Crippen molar-refractivity contribution < 1.29 is 14.3 Å². The molecule has 1 heterocycles. The van der Waals surface area contributed by atoms with Gasteiger partial charge in [-0.3, -0.25) is 9.59 Å². The van der Waals surface area contributed by atoms with Crippen LogP contribution in [0.1, 0.15) is 22.8 Å². The Morgan fingerprint density at radius 1 is 1.08 bits per heavy atom. The maximum absolute atomic E-state index is 12.5. The summed E-state index contributed by atoms with van der Waals surface area (Å²) in [6, 6.07) is 15.7. The van der Waals surface area contributed by atoms with Crippen LogP contribution < -0.4 is 10.6 Å². The first kappa shape index (κ1) is 19.1. The molecule has 1 amide bonds. The quantitative estimate of drug-likeness (QED) is 0.822. The van der Waals surface area contributed by atoms with Crippen LogP contribution >= 0.6 is 12.4 Å². The summed E-state index contributed by atoms with van der Waals surface area (Å²) in [6.45, 7) is 3.12. The molecule has 1 aliphatic heterocycles. The molecule has 2 aromatic carbocycles. The van der Waals surface area contributed by atoms with E-state index in [1.165, 1.54) is 0 Å². The van der Waals surface area contributed by atoms with Crippen molar-refractivity contribution in [2.24, 2.45) is 0 Å². The molecule has 25 heavy (non-hydrogen) atoms. The molecule has 0 unspecified atom stereocenters. The first-order chi connectivity index (χ1) is 11.6. The monoisotopic (exact) mass is 360 g/mol. The van der Waals surface area contributed by atoms with E-state index in [2.05, 4.69) is 10.6 Å². The third kappa shape index (κ3) is 4.66. The number of carbonyl (C=O) groups excluding carboxylic acids is 2. The molecule has 132 valence electrons. The molecule has 5 nitrogen and oxygen atoms in total. The van der Waals surface area contributed by atoms with E-state index in [0.717, 1.165) is 0 Å². The first-order valence-electron chi connectivity index (χ1n) is 8.01. The number of anilines is 1. The van der Waals surface area contributed by atoms with Crippen LogP contribution in [0.15, 0.2) is 54.6 Å². The molecule has 6 heteroatoms. The summed E-state index contributed by atoms with van der Waals surface area (Å²) in [5.74, 6) is -0.231. The predicted octanol–water partition coefficient (Wildman–Crippen LogP) is 2.65. The average Bonchev–Trinajstić information content (AvgIpc) is 2.62. The lowest BCUT2D eigenvalue weighted by molar-refractivity contribution is -0.123. The number of ketones is 1. The van der Waals surface area contributed by atoms with Crippen molar-refractivity contribution in [2.45, 2.75) is 19.1 Å². The van der Waals surface area contributed by atoms with E-state index in [4.69, 9.17) is 4.74 Å². The Morgan fingerprint density at radius 3 is 2.52 bits per heavy atom. The number of nitrogens with one attached hydrogen (secondary N) is 2. The second-order valence-corrected chi connectivity index (χ2v) is 5.77. The minimum Gasteiger partial charge on any atom is -0.375 e. The Kier molecular flexibility index (Phi) is 6.70. The van der Waals surface area contributed by atoms with Crippen molar-refractivity contribution in [1.29, 1.82) is 0 Å². The van der Waals surface area contributed by atoms with Gasteiger partial charge >= 0.3 is 0 Å². The third-order valence-electron chi connectivity index (χ3n) is 4.03. The number of hydrogen-bond acceptors (Lipinski definition) is 4. The van der Waals surface area contributed by atoms with Crippen molar-refractivity contribution >= 4 is 29.8 Å². The highest BCUT2D eigenvalue weighted by molar-refractivity contribution is 6.09. The Morgan fingerprint density at radius 2 is 1.80 bits per heavy atom. The van der Waals surface area contributed by atoms with Crippen molar-refractivity contribution in [3.05, 3.63) is 65.7 Å². The second-order valence-electron chi connectivity index (χ2n) is 5.77. The van der Waals surface area contributed by atoms with Crippen molar-refractivity contribution in [3.63, 3.8) is 0 Å². The second kappa shape index (κ2) is 8.76. The van der Waals surface area contributed by atoms with Crippen molar-refractivity contribution in [2.75, 3.05) is 18.5 Å². The van der Waals surface area contributed by atoms with E-state index in [0.29, 0.717) is 30.0 Å². The van der Waals surface area contributed by atoms with Crippen LogP contribution in [0.5, 0.6) is 0 Å². The van der Waals surface area contributed by atoms with E-state index in [9.17, 15) is 9.59 Å². The van der Waals surface area contributed by atoms with Crippen molar-refractivity contribution in [1.82, 2.24) is 5.32 Å². The molecule has 1 aliphatic rings. The lowest BCUT2D eigenvalue weighted by atomic mass is 10.0. The minimum atomic E-state index is -0.396. The number of carbonyl (C=O) groups is 2. The number of morpholine rings is 1. The fraction of sp³-hybridized carbons (Fsp3) is 0.263.